The second-order valence-electron chi connectivity index (χ2n) is 14.8. The van der Waals surface area contributed by atoms with Crippen molar-refractivity contribution in [3.05, 3.63) is 170 Å². The Kier molecular flexibility index (Phi) is 6.50. The van der Waals surface area contributed by atoms with Crippen molar-refractivity contribution in [2.75, 3.05) is 0 Å². The summed E-state index contributed by atoms with van der Waals surface area (Å²) in [6, 6.07) is 59.1. The van der Waals surface area contributed by atoms with Gasteiger partial charge in [-0.1, -0.05) is 115 Å². The standard InChI is InChI=1S/C51H28N4O2S/c1-2-11-29(12-3-1)32-16-10-19-43-48(32)37-24-22-30(25-44(37)57-43)49-52-50(31-21-23-36-35-15-6-9-20-46(35)58-47(36)26-31)54-51(53-49)55-40-17-7-4-13-33(40)38-27-39-34-14-5-8-18-42(34)56-45(39)28-41(38)55/h1-28H. The number of rotatable bonds is 4. The summed E-state index contributed by atoms with van der Waals surface area (Å²) in [5, 5.41) is 8.99. The molecule has 13 rings (SSSR count). The first-order valence-corrected chi connectivity index (χ1v) is 20.1. The average Bonchev–Trinajstić information content (AvgIpc) is 4.03. The van der Waals surface area contributed by atoms with Gasteiger partial charge in [-0.05, 0) is 59.7 Å². The van der Waals surface area contributed by atoms with Crippen molar-refractivity contribution in [1.82, 2.24) is 19.5 Å². The van der Waals surface area contributed by atoms with Gasteiger partial charge in [0.25, 0.3) is 0 Å². The first kappa shape index (κ1) is 31.6. The van der Waals surface area contributed by atoms with Crippen LogP contribution in [0.5, 0.6) is 0 Å². The van der Waals surface area contributed by atoms with Crippen LogP contribution < -0.4 is 0 Å². The smallest absolute Gasteiger partial charge is 0.238 e. The van der Waals surface area contributed by atoms with Gasteiger partial charge < -0.3 is 8.83 Å². The molecule has 6 nitrogen and oxygen atoms in total. The van der Waals surface area contributed by atoms with E-state index in [0.717, 1.165) is 87.9 Å². The van der Waals surface area contributed by atoms with Crippen LogP contribution in [0.1, 0.15) is 0 Å². The number of hydrogen-bond donors (Lipinski definition) is 0. The Morgan fingerprint density at radius 2 is 1.05 bits per heavy atom. The van der Waals surface area contributed by atoms with Crippen molar-refractivity contribution in [3.8, 4) is 39.9 Å². The van der Waals surface area contributed by atoms with Crippen LogP contribution in [0.25, 0.3) is 126 Å². The molecule has 0 bridgehead atoms. The fourth-order valence-corrected chi connectivity index (χ4v) is 9.96. The summed E-state index contributed by atoms with van der Waals surface area (Å²) in [4.78, 5) is 15.8. The normalized spacial score (nSPS) is 12.1. The van der Waals surface area contributed by atoms with E-state index in [0.29, 0.717) is 17.6 Å². The Hall–Kier alpha value is -7.61. The highest BCUT2D eigenvalue weighted by Crippen LogP contribution is 2.41. The van der Waals surface area contributed by atoms with Crippen LogP contribution in [0.15, 0.2) is 179 Å². The lowest BCUT2D eigenvalue weighted by Gasteiger charge is -2.11. The number of thiophene rings is 1. The van der Waals surface area contributed by atoms with Crippen LogP contribution in [0.3, 0.4) is 0 Å². The number of aromatic nitrogens is 4. The summed E-state index contributed by atoms with van der Waals surface area (Å²) < 4.78 is 17.6. The molecule has 5 aromatic heterocycles. The maximum atomic E-state index is 6.57. The summed E-state index contributed by atoms with van der Waals surface area (Å²) >= 11 is 1.78. The maximum absolute atomic E-state index is 6.57. The van der Waals surface area contributed by atoms with Crippen LogP contribution >= 0.6 is 11.3 Å². The van der Waals surface area contributed by atoms with Crippen LogP contribution in [0, 0.1) is 0 Å². The Labute approximate surface area is 333 Å². The molecule has 0 atom stereocenters. The van der Waals surface area contributed by atoms with Gasteiger partial charge in [-0.3, -0.25) is 4.57 Å². The van der Waals surface area contributed by atoms with E-state index in [-0.39, 0.29) is 0 Å². The summed E-state index contributed by atoms with van der Waals surface area (Å²) in [5.74, 6) is 1.66. The quantitative estimate of drug-likeness (QED) is 0.179. The number of benzene rings is 8. The van der Waals surface area contributed by atoms with Crippen LogP contribution in [0.4, 0.5) is 0 Å². The van der Waals surface area contributed by atoms with Crippen LogP contribution in [-0.2, 0) is 0 Å². The van der Waals surface area contributed by atoms with Gasteiger partial charge in [0.15, 0.2) is 11.6 Å². The van der Waals surface area contributed by atoms with E-state index in [1.54, 1.807) is 11.3 Å². The molecule has 13 aromatic rings. The third-order valence-corrected chi connectivity index (χ3v) is 12.6. The summed E-state index contributed by atoms with van der Waals surface area (Å²) in [6.07, 6.45) is 0. The van der Waals surface area contributed by atoms with E-state index >= 15 is 0 Å². The Morgan fingerprint density at radius 1 is 0.379 bits per heavy atom. The van der Waals surface area contributed by atoms with Gasteiger partial charge >= 0.3 is 0 Å². The summed E-state index contributed by atoms with van der Waals surface area (Å²) in [7, 11) is 0. The number of fused-ring (bicyclic) bond motifs is 12. The van der Waals surface area contributed by atoms with Gasteiger partial charge in [0.1, 0.15) is 22.3 Å². The molecular formula is C51H28N4O2S. The molecular weight excluding hydrogens is 733 g/mol. The first-order valence-electron chi connectivity index (χ1n) is 19.3. The molecule has 0 aliphatic carbocycles. The summed E-state index contributed by atoms with van der Waals surface area (Å²) in [5.41, 5.74) is 9.27. The van der Waals surface area contributed by atoms with Gasteiger partial charge in [-0.2, -0.15) is 9.97 Å². The van der Waals surface area contributed by atoms with Crippen molar-refractivity contribution in [2.24, 2.45) is 0 Å². The molecule has 0 aliphatic heterocycles. The Bertz CT molecular complexity index is 3820. The monoisotopic (exact) mass is 760 g/mol. The number of furan rings is 2. The van der Waals surface area contributed by atoms with Gasteiger partial charge in [0.2, 0.25) is 5.95 Å². The molecule has 7 heteroatoms. The zero-order valence-corrected chi connectivity index (χ0v) is 31.5. The van der Waals surface area contributed by atoms with E-state index in [2.05, 4.69) is 150 Å². The predicted octanol–water partition coefficient (Wildman–Crippen LogP) is 14.1. The molecule has 0 saturated carbocycles. The third kappa shape index (κ3) is 4.62. The SMILES string of the molecule is c1ccc(-c2cccc3oc4cc(-c5nc(-c6ccc7c(c6)sc6ccccc67)nc(-n6c7ccccc7c7cc8c(cc76)oc6ccccc68)n5)ccc4c23)cc1. The van der Waals surface area contributed by atoms with E-state index in [4.69, 9.17) is 23.8 Å². The minimum Gasteiger partial charge on any atom is -0.456 e. The Balaban J connectivity index is 1.07. The highest BCUT2D eigenvalue weighted by atomic mass is 32.1. The van der Waals surface area contributed by atoms with Crippen LogP contribution in [0.2, 0.25) is 0 Å². The van der Waals surface area contributed by atoms with E-state index in [1.807, 2.05) is 24.3 Å². The van der Waals surface area contributed by atoms with Gasteiger partial charge in [0.05, 0.1) is 11.0 Å². The first-order chi connectivity index (χ1) is 28.7. The molecule has 0 spiro atoms. The zero-order valence-electron chi connectivity index (χ0n) is 30.7. The molecule has 58 heavy (non-hydrogen) atoms. The lowest BCUT2D eigenvalue weighted by Crippen LogP contribution is -2.06. The molecule has 0 fully saturated rings. The molecule has 0 aliphatic rings. The molecule has 8 aromatic carbocycles. The van der Waals surface area contributed by atoms with Crippen molar-refractivity contribution in [3.63, 3.8) is 0 Å². The van der Waals surface area contributed by atoms with Crippen molar-refractivity contribution in [1.29, 1.82) is 0 Å². The second-order valence-corrected chi connectivity index (χ2v) is 15.8. The topological polar surface area (TPSA) is 69.9 Å². The predicted molar refractivity (Wildman–Crippen MR) is 238 cm³/mol. The molecule has 0 N–H and O–H groups in total. The molecule has 0 unspecified atom stereocenters. The largest absolute Gasteiger partial charge is 0.456 e. The third-order valence-electron chi connectivity index (χ3n) is 11.5. The van der Waals surface area contributed by atoms with Crippen LogP contribution in [-0.4, -0.2) is 19.5 Å². The van der Waals surface area contributed by atoms with E-state index < -0.39 is 0 Å². The lowest BCUT2D eigenvalue weighted by atomic mass is 9.99. The number of nitrogens with zero attached hydrogens (tertiary/aromatic N) is 4. The highest BCUT2D eigenvalue weighted by molar-refractivity contribution is 7.25. The minimum atomic E-state index is 0.522. The molecule has 5 heterocycles. The van der Waals surface area contributed by atoms with Crippen molar-refractivity contribution >= 4 is 97.2 Å². The molecule has 0 amide bonds. The van der Waals surface area contributed by atoms with Crippen molar-refractivity contribution in [2.45, 2.75) is 0 Å². The van der Waals surface area contributed by atoms with Gasteiger partial charge in [0, 0.05) is 69.7 Å². The number of hydrogen-bond acceptors (Lipinski definition) is 6. The minimum absolute atomic E-state index is 0.522. The molecule has 270 valence electrons. The molecule has 0 saturated heterocycles. The molecule has 0 radical (unpaired) electrons. The van der Waals surface area contributed by atoms with Gasteiger partial charge in [-0.15, -0.1) is 11.3 Å². The van der Waals surface area contributed by atoms with Gasteiger partial charge in [-0.25, -0.2) is 4.98 Å². The fourth-order valence-electron chi connectivity index (χ4n) is 8.81. The average molecular weight is 761 g/mol. The zero-order chi connectivity index (χ0) is 37.9. The summed E-state index contributed by atoms with van der Waals surface area (Å²) in [6.45, 7) is 0. The Morgan fingerprint density at radius 3 is 1.93 bits per heavy atom. The van der Waals surface area contributed by atoms with Crippen molar-refractivity contribution < 1.29 is 8.83 Å². The van der Waals surface area contributed by atoms with E-state index in [9.17, 15) is 0 Å². The lowest BCUT2D eigenvalue weighted by molar-refractivity contribution is 0.668. The van der Waals surface area contributed by atoms with E-state index in [1.165, 1.54) is 20.2 Å². The number of para-hydroxylation sites is 2. The maximum Gasteiger partial charge on any atom is 0.238 e. The highest BCUT2D eigenvalue weighted by Gasteiger charge is 2.21. The second kappa shape index (κ2) is 11.9. The fraction of sp³-hybridized carbons (Fsp3) is 0.